The molecule has 0 radical (unpaired) electrons. The average molecular weight is 1960 g/mol. The Morgan fingerprint density at radius 3 is 0.932 bits per heavy atom. The van der Waals surface area contributed by atoms with Crippen LogP contribution in [0.1, 0.15) is 117 Å². The maximum atomic E-state index is 15.4. The summed E-state index contributed by atoms with van der Waals surface area (Å²) in [6.07, 6.45) is -21.0. The van der Waals surface area contributed by atoms with Crippen LogP contribution in [0.2, 0.25) is 0 Å². The smallest absolute Gasteiger partial charge is 0.308 e. The zero-order valence-corrected chi connectivity index (χ0v) is 81.8. The summed E-state index contributed by atoms with van der Waals surface area (Å²) in [6.45, 7) is 23.0. The van der Waals surface area contributed by atoms with Crippen molar-refractivity contribution in [2.45, 2.75) is 107 Å². The molecule has 4 heterocycles. The Hall–Kier alpha value is -17.7. The van der Waals surface area contributed by atoms with Gasteiger partial charge in [0.15, 0.2) is 0 Å². The number of hydrogen-bond acceptors (Lipinski definition) is 4. The minimum Gasteiger partial charge on any atom is -0.308 e. The summed E-state index contributed by atoms with van der Waals surface area (Å²) >= 11 is 0. The first-order valence-corrected chi connectivity index (χ1v) is 48.1. The molecular weight excluding hydrogens is 1880 g/mol. The highest BCUT2D eigenvalue weighted by molar-refractivity contribution is 6.17. The van der Waals surface area contributed by atoms with E-state index >= 15 is 26.3 Å². The van der Waals surface area contributed by atoms with Crippen LogP contribution >= 0.6 is 0 Å². The van der Waals surface area contributed by atoms with Gasteiger partial charge in [0.05, 0.1) is 112 Å². The van der Waals surface area contributed by atoms with Crippen LogP contribution in [0.15, 0.2) is 309 Å². The van der Waals surface area contributed by atoms with Gasteiger partial charge in [-0.25, -0.2) is 0 Å². The molecule has 0 spiro atoms. The molecule has 18 aromatic carbocycles. The molecule has 0 amide bonds. The first-order valence-electron chi connectivity index (χ1n) is 48.1. The quantitative estimate of drug-likeness (QED) is 0.101. The molecule has 722 valence electrons. The summed E-state index contributed by atoms with van der Waals surface area (Å²) in [4.78, 5) is 0. The standard InChI is InChI=1S/C128H86F12N8/c1-68-40-71(4)118(72(5)41-68)85-27-34-110-102(56-85)103-57-86(119-73(6)42-69(2)43-74(119)7)28-35-111(103)145(110)114-38-32-97(83-20-16-18-79(48-83)64-141)123(106(114)66-143)147-112-36-29-87(120-75(8)44-70(3)45-76(120)9)58-104(112)105-59-88(30-37-113(105)147)121-77(10)46-81(47-78(121)11)50-92-51-89(91-54-95(127(135,136)137)63-96(55-91)128(138,139)140)61-117-122(92)101-23-13-15-25-109(101)146(117)115-39-33-98(84-21-17-19-80(49-84)65-142)124(107(115)67-144)148-108-24-14-12-22-99(108)100-31-26-82(60-116(100)148)90-52-93(125(129,130)131)62-94(53-90)126(132,133)134/h12-49,51-63H,50H2,1-11H3. The molecular formula is C128H86F12N8. The van der Waals surface area contributed by atoms with Crippen LogP contribution in [-0.2, 0) is 31.1 Å². The molecule has 0 saturated carbocycles. The van der Waals surface area contributed by atoms with Gasteiger partial charge in [0.1, 0.15) is 23.3 Å². The van der Waals surface area contributed by atoms with Gasteiger partial charge in [-0.2, -0.15) is 73.7 Å². The fourth-order valence-electron chi connectivity index (χ4n) is 23.5. The third kappa shape index (κ3) is 16.1. The zero-order valence-electron chi connectivity index (χ0n) is 81.8. The van der Waals surface area contributed by atoms with Gasteiger partial charge in [-0.15, -0.1) is 0 Å². The van der Waals surface area contributed by atoms with Crippen LogP contribution in [0.25, 0.3) is 199 Å². The molecule has 0 aliphatic rings. The van der Waals surface area contributed by atoms with Crippen LogP contribution < -0.4 is 0 Å². The van der Waals surface area contributed by atoms with E-state index < -0.39 is 58.1 Å². The topological polar surface area (TPSA) is 115 Å². The highest BCUT2D eigenvalue weighted by Crippen LogP contribution is 2.53. The summed E-state index contributed by atoms with van der Waals surface area (Å²) in [6, 6.07) is 98.6. The van der Waals surface area contributed by atoms with Crippen molar-refractivity contribution in [2.24, 2.45) is 0 Å². The van der Waals surface area contributed by atoms with E-state index in [4.69, 9.17) is 0 Å². The minimum absolute atomic E-state index is 0.000687. The van der Waals surface area contributed by atoms with Crippen LogP contribution in [0.3, 0.4) is 0 Å². The van der Waals surface area contributed by atoms with E-state index in [0.717, 1.165) is 149 Å². The number of nitriles is 4. The van der Waals surface area contributed by atoms with Crippen molar-refractivity contribution >= 4 is 87.2 Å². The lowest BCUT2D eigenvalue weighted by Crippen LogP contribution is -2.11. The van der Waals surface area contributed by atoms with Crippen molar-refractivity contribution in [1.29, 1.82) is 21.0 Å². The molecule has 20 heteroatoms. The van der Waals surface area contributed by atoms with Gasteiger partial charge in [-0.3, -0.25) is 0 Å². The number of hydrogen-bond donors (Lipinski definition) is 0. The Balaban J connectivity index is 0.754. The maximum Gasteiger partial charge on any atom is 0.416 e. The summed E-state index contributed by atoms with van der Waals surface area (Å²) in [5.74, 6) is 0. The van der Waals surface area contributed by atoms with E-state index in [1.165, 1.54) is 18.2 Å². The van der Waals surface area contributed by atoms with E-state index in [2.05, 4.69) is 211 Å². The van der Waals surface area contributed by atoms with Crippen molar-refractivity contribution < 1.29 is 52.7 Å². The third-order valence-electron chi connectivity index (χ3n) is 29.1. The van der Waals surface area contributed by atoms with Crippen molar-refractivity contribution in [2.75, 3.05) is 0 Å². The van der Waals surface area contributed by atoms with E-state index in [-0.39, 0.29) is 63.2 Å². The van der Waals surface area contributed by atoms with Crippen LogP contribution in [-0.4, -0.2) is 18.3 Å². The second kappa shape index (κ2) is 35.4. The monoisotopic (exact) mass is 1960 g/mol. The number of benzene rings is 18. The van der Waals surface area contributed by atoms with Gasteiger partial charge >= 0.3 is 24.7 Å². The lowest BCUT2D eigenvalue weighted by Gasteiger charge is -2.21. The maximum absolute atomic E-state index is 15.4. The molecule has 0 saturated heterocycles. The largest absolute Gasteiger partial charge is 0.416 e. The number of fused-ring (bicyclic) bond motifs is 12. The summed E-state index contributed by atoms with van der Waals surface area (Å²) in [5, 5.41) is 51.8. The van der Waals surface area contributed by atoms with Gasteiger partial charge in [0, 0.05) is 54.2 Å². The highest BCUT2D eigenvalue weighted by atomic mass is 19.4. The van der Waals surface area contributed by atoms with Crippen LogP contribution in [0.5, 0.6) is 0 Å². The first kappa shape index (κ1) is 95.1. The Bertz CT molecular complexity index is 9440. The number of alkyl halides is 12. The summed E-state index contributed by atoms with van der Waals surface area (Å²) in [5.41, 5.74) is 22.4. The number of aromatic nitrogens is 4. The fourth-order valence-corrected chi connectivity index (χ4v) is 23.5. The lowest BCUT2D eigenvalue weighted by molar-refractivity contribution is -0.144. The van der Waals surface area contributed by atoms with Crippen molar-refractivity contribution in [3.05, 3.63) is 426 Å². The Kier molecular flexibility index (Phi) is 22.7. The second-order valence-corrected chi connectivity index (χ2v) is 39.1. The van der Waals surface area contributed by atoms with E-state index in [1.54, 1.807) is 106 Å². The molecule has 8 nitrogen and oxygen atoms in total. The molecule has 0 unspecified atom stereocenters. The van der Waals surface area contributed by atoms with E-state index in [9.17, 15) is 47.4 Å². The number of para-hydroxylation sites is 2. The third-order valence-corrected chi connectivity index (χ3v) is 29.1. The van der Waals surface area contributed by atoms with Gasteiger partial charge < -0.3 is 18.3 Å². The Morgan fingerprint density at radius 1 is 0.230 bits per heavy atom. The predicted octanol–water partition coefficient (Wildman–Crippen LogP) is 36.0. The molecule has 0 bridgehead atoms. The average Bonchev–Trinajstić information content (AvgIpc) is 1.57. The van der Waals surface area contributed by atoms with Crippen LogP contribution in [0, 0.1) is 121 Å². The molecule has 0 N–H and O–H groups in total. The van der Waals surface area contributed by atoms with Gasteiger partial charge in [-0.1, -0.05) is 180 Å². The molecule has 22 rings (SSSR count). The second-order valence-electron chi connectivity index (χ2n) is 39.1. The first-order chi connectivity index (χ1) is 70.7. The number of nitrogens with zero attached hydrogens (tertiary/aromatic N) is 8. The molecule has 0 aliphatic carbocycles. The number of halogens is 12. The number of aryl methyl sites for hydroxylation is 11. The van der Waals surface area contributed by atoms with Crippen molar-refractivity contribution in [3.63, 3.8) is 0 Å². The molecule has 4 aromatic heterocycles. The number of rotatable bonds is 14. The van der Waals surface area contributed by atoms with Crippen LogP contribution in [0.4, 0.5) is 52.7 Å². The molecule has 148 heavy (non-hydrogen) atoms. The molecule has 0 atom stereocenters. The lowest BCUT2D eigenvalue weighted by atomic mass is 9.89. The highest BCUT2D eigenvalue weighted by Gasteiger charge is 2.41. The van der Waals surface area contributed by atoms with Gasteiger partial charge in [0.2, 0.25) is 0 Å². The minimum atomic E-state index is -5.28. The molecule has 0 aliphatic heterocycles. The predicted molar refractivity (Wildman–Crippen MR) is 568 cm³/mol. The Morgan fingerprint density at radius 2 is 0.547 bits per heavy atom. The SMILES string of the molecule is Cc1cc(C)c(-c2ccc3c(c2)c2cc(-c4c(C)cc(C)cc4C)ccc2n3-c2ccc(-c3cccc(C#N)c3)c(-n3c4ccc(-c5c(C)cc(C)cc5C)cc4c4cc(-c5c(C)cc(Cc6cc(-c7cc(C(F)(F)F)cc(C(F)(F)F)c7)cc7c6c6ccccc6n7-c6ccc(-c7cccc(C#N)c7)c(-n7c8ccccc8c8ccc(-c9cc(C(F)(F)F)cc(C(F)(F)F)c9)cc87)c6C#N)cc5C)ccc43)c2C#N)c(C)c1. The zero-order chi connectivity index (χ0) is 104. The fraction of sp³-hybridized carbons (Fsp3) is 0.125. The molecule has 22 aromatic rings. The molecule has 0 fully saturated rings. The van der Waals surface area contributed by atoms with Gasteiger partial charge in [-0.05, 0) is 362 Å². The Labute approximate surface area is 843 Å². The van der Waals surface area contributed by atoms with E-state index in [0.29, 0.717) is 113 Å². The van der Waals surface area contributed by atoms with Crippen molar-refractivity contribution in [1.82, 2.24) is 18.3 Å². The summed E-state index contributed by atoms with van der Waals surface area (Å²) < 4.78 is 189. The van der Waals surface area contributed by atoms with Gasteiger partial charge in [0.25, 0.3) is 0 Å². The summed E-state index contributed by atoms with van der Waals surface area (Å²) in [7, 11) is 0. The normalized spacial score (nSPS) is 12.2. The van der Waals surface area contributed by atoms with Crippen molar-refractivity contribution in [3.8, 4) is 136 Å². The van der Waals surface area contributed by atoms with E-state index in [1.807, 2.05) is 56.3 Å².